The van der Waals surface area contributed by atoms with Crippen molar-refractivity contribution in [2.75, 3.05) is 6.54 Å². The van der Waals surface area contributed by atoms with Crippen LogP contribution in [0.25, 0.3) is 0 Å². The molecule has 0 saturated heterocycles. The van der Waals surface area contributed by atoms with Gasteiger partial charge >= 0.3 is 0 Å². The van der Waals surface area contributed by atoms with Crippen molar-refractivity contribution in [2.45, 2.75) is 83.0 Å². The number of rotatable bonds is 5. The summed E-state index contributed by atoms with van der Waals surface area (Å²) < 4.78 is 6.27. The van der Waals surface area contributed by atoms with E-state index < -0.39 is 0 Å². The molecule has 1 N–H and O–H groups in total. The van der Waals surface area contributed by atoms with Crippen LogP contribution in [0, 0.1) is 17.2 Å². The van der Waals surface area contributed by atoms with Gasteiger partial charge in [-0.05, 0) is 44.6 Å². The fraction of sp³-hybridized carbons (Fsp3) is 0.938. The Morgan fingerprint density at radius 1 is 1.32 bits per heavy atom. The van der Waals surface area contributed by atoms with Crippen molar-refractivity contribution in [3.63, 3.8) is 0 Å². The molecule has 0 amide bonds. The van der Waals surface area contributed by atoms with Gasteiger partial charge in [0.05, 0.1) is 18.3 Å². The second-order valence-electron chi connectivity index (χ2n) is 6.52. The normalized spacial score (nSPS) is 39.1. The van der Waals surface area contributed by atoms with Crippen LogP contribution in [0.4, 0.5) is 0 Å². The summed E-state index contributed by atoms with van der Waals surface area (Å²) in [5, 5.41) is 12.9. The Morgan fingerprint density at radius 2 is 2.16 bits per heavy atom. The second-order valence-corrected chi connectivity index (χ2v) is 6.52. The highest BCUT2D eigenvalue weighted by Crippen LogP contribution is 2.35. The minimum absolute atomic E-state index is 0.291. The van der Waals surface area contributed by atoms with Gasteiger partial charge in [-0.25, -0.2) is 0 Å². The van der Waals surface area contributed by atoms with Crippen LogP contribution < -0.4 is 5.32 Å². The molecule has 0 aromatic rings. The first kappa shape index (κ1) is 14.8. The molecular formula is C16H28N2O. The monoisotopic (exact) mass is 264 g/mol. The zero-order chi connectivity index (χ0) is 13.7. The van der Waals surface area contributed by atoms with Crippen molar-refractivity contribution in [1.82, 2.24) is 5.32 Å². The van der Waals surface area contributed by atoms with E-state index in [2.05, 4.69) is 25.2 Å². The molecule has 2 fully saturated rings. The van der Waals surface area contributed by atoms with E-state index in [1.54, 1.807) is 0 Å². The standard InChI is InChI=1S/C16H28N2O/c1-3-9-18-16(12-17)8-7-15(11-16)19-14-6-4-5-13(2)10-14/h13-15,18H,3-11H2,1-2H3. The molecule has 0 spiro atoms. The third kappa shape index (κ3) is 3.94. The van der Waals surface area contributed by atoms with Gasteiger partial charge in [0.25, 0.3) is 0 Å². The highest BCUT2D eigenvalue weighted by molar-refractivity contribution is 5.12. The average molecular weight is 264 g/mol. The Morgan fingerprint density at radius 3 is 2.84 bits per heavy atom. The molecule has 0 aromatic carbocycles. The molecule has 2 aliphatic carbocycles. The molecule has 3 heteroatoms. The second kappa shape index (κ2) is 6.72. The lowest BCUT2D eigenvalue weighted by atomic mass is 9.88. The van der Waals surface area contributed by atoms with E-state index in [0.29, 0.717) is 12.2 Å². The SMILES string of the molecule is CCCNC1(C#N)CCC(OC2CCCC(C)C2)C1. The lowest BCUT2D eigenvalue weighted by molar-refractivity contribution is -0.0369. The smallest absolute Gasteiger partial charge is 0.109 e. The van der Waals surface area contributed by atoms with Crippen molar-refractivity contribution < 1.29 is 4.74 Å². The lowest BCUT2D eigenvalue weighted by Gasteiger charge is -2.30. The van der Waals surface area contributed by atoms with Crippen LogP contribution in [0.3, 0.4) is 0 Å². The number of nitrogens with zero attached hydrogens (tertiary/aromatic N) is 1. The third-order valence-electron chi connectivity index (χ3n) is 4.67. The molecule has 2 saturated carbocycles. The van der Waals surface area contributed by atoms with Gasteiger partial charge in [0.1, 0.15) is 5.54 Å². The predicted molar refractivity (Wildman–Crippen MR) is 76.8 cm³/mol. The summed E-state index contributed by atoms with van der Waals surface area (Å²) in [6.07, 6.45) is 9.73. The maximum Gasteiger partial charge on any atom is 0.109 e. The summed E-state index contributed by atoms with van der Waals surface area (Å²) in [4.78, 5) is 0. The van der Waals surface area contributed by atoms with Gasteiger partial charge in [-0.2, -0.15) is 5.26 Å². The molecule has 2 rings (SSSR count). The Balaban J connectivity index is 1.82. The quantitative estimate of drug-likeness (QED) is 0.827. The van der Waals surface area contributed by atoms with Crippen molar-refractivity contribution in [3.05, 3.63) is 0 Å². The van der Waals surface area contributed by atoms with Crippen molar-refractivity contribution in [2.24, 2.45) is 5.92 Å². The van der Waals surface area contributed by atoms with Crippen molar-refractivity contribution in [3.8, 4) is 6.07 Å². The maximum absolute atomic E-state index is 9.44. The average Bonchev–Trinajstić information content (AvgIpc) is 2.80. The third-order valence-corrected chi connectivity index (χ3v) is 4.67. The Hall–Kier alpha value is -0.590. The summed E-state index contributed by atoms with van der Waals surface area (Å²) in [5.41, 5.74) is -0.318. The van der Waals surface area contributed by atoms with Crippen molar-refractivity contribution >= 4 is 0 Å². The maximum atomic E-state index is 9.44. The van der Waals surface area contributed by atoms with E-state index in [1.165, 1.54) is 25.7 Å². The van der Waals surface area contributed by atoms with Crippen LogP contribution in [0.5, 0.6) is 0 Å². The molecule has 108 valence electrons. The predicted octanol–water partition coefficient (Wildman–Crippen LogP) is 3.40. The van der Waals surface area contributed by atoms with Crippen LogP contribution in [0.2, 0.25) is 0 Å². The molecule has 4 unspecified atom stereocenters. The molecule has 3 nitrogen and oxygen atoms in total. The van der Waals surface area contributed by atoms with Crippen LogP contribution in [0.15, 0.2) is 0 Å². The molecule has 0 aliphatic heterocycles. The largest absolute Gasteiger partial charge is 0.375 e. The minimum Gasteiger partial charge on any atom is -0.375 e. The van der Waals surface area contributed by atoms with Crippen molar-refractivity contribution in [1.29, 1.82) is 5.26 Å². The number of hydrogen-bond acceptors (Lipinski definition) is 3. The van der Waals surface area contributed by atoms with Crippen LogP contribution >= 0.6 is 0 Å². The highest BCUT2D eigenvalue weighted by atomic mass is 16.5. The number of nitrogens with one attached hydrogen (secondary N) is 1. The zero-order valence-corrected chi connectivity index (χ0v) is 12.5. The number of nitriles is 1. The first-order valence-corrected chi connectivity index (χ1v) is 7.99. The molecule has 0 bridgehead atoms. The summed E-state index contributed by atoms with van der Waals surface area (Å²) in [6, 6.07) is 2.50. The fourth-order valence-corrected chi connectivity index (χ4v) is 3.56. The van der Waals surface area contributed by atoms with Gasteiger partial charge in [0, 0.05) is 6.42 Å². The van der Waals surface area contributed by atoms with Gasteiger partial charge in [-0.1, -0.05) is 26.7 Å². The Kier molecular flexibility index (Phi) is 5.24. The molecule has 2 aliphatic rings. The summed E-state index contributed by atoms with van der Waals surface area (Å²) in [5.74, 6) is 0.805. The highest BCUT2D eigenvalue weighted by Gasteiger charge is 2.40. The molecule has 4 atom stereocenters. The first-order valence-electron chi connectivity index (χ1n) is 7.99. The molecule has 19 heavy (non-hydrogen) atoms. The molecule has 0 heterocycles. The van der Waals surface area contributed by atoms with Gasteiger partial charge in [0.15, 0.2) is 0 Å². The molecular weight excluding hydrogens is 236 g/mol. The molecule has 0 aromatic heterocycles. The van der Waals surface area contributed by atoms with E-state index in [9.17, 15) is 5.26 Å². The van der Waals surface area contributed by atoms with Gasteiger partial charge in [-0.15, -0.1) is 0 Å². The van der Waals surface area contributed by atoms with E-state index in [-0.39, 0.29) is 5.54 Å². The van der Waals surface area contributed by atoms with Crippen LogP contribution in [-0.4, -0.2) is 24.3 Å². The summed E-state index contributed by atoms with van der Waals surface area (Å²) >= 11 is 0. The minimum atomic E-state index is -0.318. The van der Waals surface area contributed by atoms with E-state index >= 15 is 0 Å². The molecule has 0 radical (unpaired) electrons. The Bertz CT molecular complexity index is 325. The summed E-state index contributed by atoms with van der Waals surface area (Å²) in [6.45, 7) is 5.40. The van der Waals surface area contributed by atoms with E-state index in [4.69, 9.17) is 4.74 Å². The first-order chi connectivity index (χ1) is 9.17. The van der Waals surface area contributed by atoms with Crippen LogP contribution in [-0.2, 0) is 4.74 Å². The topological polar surface area (TPSA) is 45.0 Å². The zero-order valence-electron chi connectivity index (χ0n) is 12.5. The van der Waals surface area contributed by atoms with Crippen LogP contribution in [0.1, 0.15) is 65.2 Å². The summed E-state index contributed by atoms with van der Waals surface area (Å²) in [7, 11) is 0. The van der Waals surface area contributed by atoms with Gasteiger partial charge in [0.2, 0.25) is 0 Å². The van der Waals surface area contributed by atoms with E-state index in [1.807, 2.05) is 0 Å². The fourth-order valence-electron chi connectivity index (χ4n) is 3.56. The van der Waals surface area contributed by atoms with Gasteiger partial charge < -0.3 is 4.74 Å². The van der Waals surface area contributed by atoms with E-state index in [0.717, 1.165) is 38.1 Å². The number of ether oxygens (including phenoxy) is 1. The lowest BCUT2D eigenvalue weighted by Crippen LogP contribution is -2.42. The number of hydrogen-bond donors (Lipinski definition) is 1. The van der Waals surface area contributed by atoms with Gasteiger partial charge in [-0.3, -0.25) is 5.32 Å². The Labute approximate surface area is 117 Å².